The average Bonchev–Trinajstić information content (AvgIpc) is 3.20. The topological polar surface area (TPSA) is 68.9 Å². The van der Waals surface area contributed by atoms with Crippen LogP contribution in [-0.2, 0) is 19.3 Å². The van der Waals surface area contributed by atoms with Gasteiger partial charge in [-0.2, -0.15) is 26.3 Å². The van der Waals surface area contributed by atoms with E-state index in [0.717, 1.165) is 15.3 Å². The monoisotopic (exact) mass is 624 g/mol. The second kappa shape index (κ2) is 11.9. The summed E-state index contributed by atoms with van der Waals surface area (Å²) in [5.41, 5.74) is -2.17. The van der Waals surface area contributed by atoms with E-state index in [1.54, 1.807) is 20.8 Å². The summed E-state index contributed by atoms with van der Waals surface area (Å²) >= 11 is 5.94. The van der Waals surface area contributed by atoms with Gasteiger partial charge in [0.05, 0.1) is 18.5 Å². The van der Waals surface area contributed by atoms with Gasteiger partial charge < -0.3 is 5.32 Å². The van der Waals surface area contributed by atoms with Crippen molar-refractivity contribution < 1.29 is 31.1 Å². The zero-order chi connectivity index (χ0) is 31.7. The highest BCUT2D eigenvalue weighted by Gasteiger charge is 2.34. The van der Waals surface area contributed by atoms with Gasteiger partial charge in [-0.25, -0.2) is 9.48 Å². The highest BCUT2D eigenvalue weighted by Crippen LogP contribution is 2.38. The molecule has 0 aliphatic rings. The maximum Gasteiger partial charge on any atom is 0.417 e. The van der Waals surface area contributed by atoms with Crippen LogP contribution in [0.15, 0.2) is 71.5 Å². The molecule has 0 bridgehead atoms. The minimum atomic E-state index is -4.73. The molecule has 3 aromatic carbocycles. The molecule has 4 rings (SSSR count). The molecule has 4 aromatic rings. The lowest BCUT2D eigenvalue weighted by Gasteiger charge is -2.22. The molecule has 0 spiro atoms. The number of carbonyl (C=O) groups excluding carboxylic acids is 1. The minimum absolute atomic E-state index is 0.0275. The molecule has 43 heavy (non-hydrogen) atoms. The van der Waals surface area contributed by atoms with E-state index in [1.807, 2.05) is 0 Å². The quantitative estimate of drug-likeness (QED) is 0.216. The fourth-order valence-corrected chi connectivity index (χ4v) is 4.58. The number of hydrogen-bond acceptors (Lipinski definition) is 3. The Kier molecular flexibility index (Phi) is 8.82. The number of nitrogens with zero attached hydrogens (tertiary/aromatic N) is 3. The Labute approximate surface area is 247 Å². The first kappa shape index (κ1) is 31.9. The number of nitrogens with one attached hydrogen (secondary N) is 1. The number of benzene rings is 3. The largest absolute Gasteiger partial charge is 0.417 e. The maximum absolute atomic E-state index is 14.0. The van der Waals surface area contributed by atoms with Gasteiger partial charge >= 0.3 is 18.0 Å². The predicted octanol–water partition coefficient (Wildman–Crippen LogP) is 7.58. The Morgan fingerprint density at radius 3 is 2.16 bits per heavy atom. The Morgan fingerprint density at radius 1 is 0.907 bits per heavy atom. The van der Waals surface area contributed by atoms with E-state index in [-0.39, 0.29) is 29.1 Å². The molecule has 228 valence electrons. The lowest BCUT2D eigenvalue weighted by atomic mass is 9.92. The molecular weight excluding hydrogens is 598 g/mol. The van der Waals surface area contributed by atoms with Crippen LogP contribution in [0.25, 0.3) is 22.5 Å². The number of alkyl halides is 6. The lowest BCUT2D eigenvalue weighted by Crippen LogP contribution is -2.40. The van der Waals surface area contributed by atoms with Gasteiger partial charge in [-0.05, 0) is 79.9 Å². The van der Waals surface area contributed by atoms with Crippen LogP contribution in [0.2, 0.25) is 5.02 Å². The van der Waals surface area contributed by atoms with E-state index >= 15 is 0 Å². The third-order valence-electron chi connectivity index (χ3n) is 6.32. The molecule has 0 saturated heterocycles. The molecule has 0 aliphatic carbocycles. The summed E-state index contributed by atoms with van der Waals surface area (Å²) in [6, 6.07) is 15.0. The lowest BCUT2D eigenvalue weighted by molar-refractivity contribution is -0.137. The average molecular weight is 625 g/mol. The summed E-state index contributed by atoms with van der Waals surface area (Å²) in [5.74, 6) is -0.639. The van der Waals surface area contributed by atoms with E-state index in [2.05, 4.69) is 10.4 Å². The van der Waals surface area contributed by atoms with Crippen molar-refractivity contribution in [2.75, 3.05) is 0 Å². The summed E-state index contributed by atoms with van der Waals surface area (Å²) in [4.78, 5) is 26.4. The molecule has 6 nitrogen and oxygen atoms in total. The van der Waals surface area contributed by atoms with Crippen LogP contribution in [0.3, 0.4) is 0 Å². The first-order valence-corrected chi connectivity index (χ1v) is 13.4. The molecule has 0 aliphatic heterocycles. The summed E-state index contributed by atoms with van der Waals surface area (Å²) in [6.45, 7) is 4.18. The molecular formula is C30H27ClF6N4O2. The molecule has 1 heterocycles. The highest BCUT2D eigenvalue weighted by atomic mass is 35.5. The normalized spacial score (nSPS) is 12.4. The van der Waals surface area contributed by atoms with Crippen LogP contribution in [0.1, 0.15) is 48.7 Å². The third-order valence-corrected chi connectivity index (χ3v) is 6.57. The van der Waals surface area contributed by atoms with E-state index in [1.165, 1.54) is 60.7 Å². The molecule has 0 atom stereocenters. The van der Waals surface area contributed by atoms with Crippen molar-refractivity contribution in [3.8, 4) is 22.5 Å². The molecule has 1 amide bonds. The van der Waals surface area contributed by atoms with Crippen molar-refractivity contribution in [3.63, 3.8) is 0 Å². The Balaban J connectivity index is 1.84. The van der Waals surface area contributed by atoms with Crippen LogP contribution in [-0.4, -0.2) is 32.0 Å². The minimum Gasteiger partial charge on any atom is -0.347 e. The van der Waals surface area contributed by atoms with Gasteiger partial charge in [-0.3, -0.25) is 9.36 Å². The van der Waals surface area contributed by atoms with Crippen LogP contribution in [0.4, 0.5) is 26.3 Å². The number of rotatable bonds is 7. The maximum atomic E-state index is 14.0. The first-order chi connectivity index (χ1) is 19.9. The Bertz CT molecular complexity index is 1680. The molecule has 13 heteroatoms. The van der Waals surface area contributed by atoms with Gasteiger partial charge in [0.15, 0.2) is 5.82 Å². The summed E-state index contributed by atoms with van der Waals surface area (Å²) in [6.07, 6.45) is -10.6. The zero-order valence-electron chi connectivity index (χ0n) is 23.3. The number of halogens is 7. The van der Waals surface area contributed by atoms with Gasteiger partial charge in [0, 0.05) is 28.2 Å². The second-order valence-electron chi connectivity index (χ2n) is 10.9. The predicted molar refractivity (Wildman–Crippen MR) is 151 cm³/mol. The van der Waals surface area contributed by atoms with E-state index in [9.17, 15) is 35.9 Å². The van der Waals surface area contributed by atoms with Crippen molar-refractivity contribution in [2.45, 2.75) is 58.2 Å². The number of hydrogen-bond donors (Lipinski definition) is 1. The summed E-state index contributed by atoms with van der Waals surface area (Å²) in [7, 11) is 0. The van der Waals surface area contributed by atoms with Crippen LogP contribution in [0, 0.1) is 0 Å². The van der Waals surface area contributed by atoms with Gasteiger partial charge in [0.2, 0.25) is 0 Å². The first-order valence-electron chi connectivity index (χ1n) is 13.1. The van der Waals surface area contributed by atoms with Crippen molar-refractivity contribution in [1.29, 1.82) is 0 Å². The Morgan fingerprint density at radius 2 is 1.56 bits per heavy atom. The number of carbonyl (C=O) groups is 1. The highest BCUT2D eigenvalue weighted by molar-refractivity contribution is 6.30. The van der Waals surface area contributed by atoms with Crippen molar-refractivity contribution in [1.82, 2.24) is 19.7 Å². The van der Waals surface area contributed by atoms with Gasteiger partial charge in [0.1, 0.15) is 0 Å². The molecule has 0 saturated carbocycles. The Hall–Kier alpha value is -4.06. The van der Waals surface area contributed by atoms with Crippen LogP contribution < -0.4 is 11.0 Å². The summed E-state index contributed by atoms with van der Waals surface area (Å²) in [5, 5.41) is 7.39. The molecule has 0 radical (unpaired) electrons. The zero-order valence-corrected chi connectivity index (χ0v) is 24.0. The van der Waals surface area contributed by atoms with Gasteiger partial charge in [0.25, 0.3) is 5.91 Å². The molecule has 1 N–H and O–H groups in total. The van der Waals surface area contributed by atoms with Crippen molar-refractivity contribution >= 4 is 17.5 Å². The fraction of sp³-hybridized carbons (Fsp3) is 0.300. The van der Waals surface area contributed by atoms with E-state index in [4.69, 9.17) is 11.6 Å². The smallest absolute Gasteiger partial charge is 0.347 e. The molecule has 0 fully saturated rings. The summed E-state index contributed by atoms with van der Waals surface area (Å²) < 4.78 is 83.0. The van der Waals surface area contributed by atoms with E-state index < -0.39 is 48.0 Å². The standard InChI is InChI=1S/C30H27ClF6N4O2/c1-28(2,3)38-26(42)22-13-8-18(16-23(22)21-6-4-5-7-24(21)30(35,36)37)17-41-27(43)40(15-14-29(32,33)34)25(39-41)19-9-11-20(31)12-10-19/h4-13,16H,14-15,17H2,1-3H3,(H,38,42). The number of aromatic nitrogens is 3. The van der Waals surface area contributed by atoms with Crippen molar-refractivity contribution in [3.05, 3.63) is 98.9 Å². The third kappa shape index (κ3) is 7.86. The second-order valence-corrected chi connectivity index (χ2v) is 11.4. The molecule has 1 aromatic heterocycles. The van der Waals surface area contributed by atoms with Crippen LogP contribution >= 0.6 is 11.6 Å². The molecule has 0 unspecified atom stereocenters. The van der Waals surface area contributed by atoms with Crippen LogP contribution in [0.5, 0.6) is 0 Å². The van der Waals surface area contributed by atoms with Crippen molar-refractivity contribution in [2.24, 2.45) is 0 Å². The number of amides is 1. The fourth-order valence-electron chi connectivity index (χ4n) is 4.45. The van der Waals surface area contributed by atoms with Gasteiger partial charge in [-0.1, -0.05) is 35.9 Å². The van der Waals surface area contributed by atoms with Gasteiger partial charge in [-0.15, -0.1) is 5.10 Å². The SMILES string of the molecule is CC(C)(C)NC(=O)c1ccc(Cn2nc(-c3ccc(Cl)cc3)n(CCC(F)(F)F)c2=O)cc1-c1ccccc1C(F)(F)F. The van der Waals surface area contributed by atoms with E-state index in [0.29, 0.717) is 16.1 Å².